The van der Waals surface area contributed by atoms with Crippen LogP contribution in [0.4, 0.5) is 14.2 Å². The molecule has 7 nitrogen and oxygen atoms in total. The van der Waals surface area contributed by atoms with Crippen molar-refractivity contribution in [2.45, 2.75) is 57.3 Å². The summed E-state index contributed by atoms with van der Waals surface area (Å²) in [6.45, 7) is 0.796. The molecule has 2 fully saturated rings. The third kappa shape index (κ3) is 5.41. The minimum atomic E-state index is -1.10. The number of nitrogens with one attached hydrogen (secondary N) is 3. The maximum atomic E-state index is 13.4. The van der Waals surface area contributed by atoms with Gasteiger partial charge in [-0.3, -0.25) is 9.59 Å². The Morgan fingerprint density at radius 3 is 2.59 bits per heavy atom. The third-order valence-corrected chi connectivity index (χ3v) is 7.76. The molecule has 3 aliphatic carbocycles. The number of ether oxygens (including phenoxy) is 1. The smallest absolute Gasteiger partial charge is 0.407 e. The van der Waals surface area contributed by atoms with Crippen molar-refractivity contribution in [1.29, 1.82) is 0 Å². The van der Waals surface area contributed by atoms with Crippen molar-refractivity contribution >= 4 is 34.2 Å². The van der Waals surface area contributed by atoms with E-state index < -0.39 is 18.2 Å². The second-order valence-corrected chi connectivity index (χ2v) is 10.5. The molecule has 0 bridgehead atoms. The predicted molar refractivity (Wildman–Crippen MR) is 127 cm³/mol. The van der Waals surface area contributed by atoms with E-state index in [4.69, 9.17) is 4.74 Å². The molecule has 0 radical (unpaired) electrons. The van der Waals surface area contributed by atoms with Crippen LogP contribution in [-0.4, -0.2) is 36.7 Å². The van der Waals surface area contributed by atoms with Gasteiger partial charge in [0.15, 0.2) is 0 Å². The van der Waals surface area contributed by atoms with Gasteiger partial charge < -0.3 is 20.7 Å². The molecule has 2 saturated carbocycles. The summed E-state index contributed by atoms with van der Waals surface area (Å²) in [4.78, 5) is 38.9. The molecule has 1 aromatic heterocycles. The van der Waals surface area contributed by atoms with Crippen LogP contribution >= 0.6 is 11.3 Å². The standard InChI is InChI=1S/C25H28FN3O4S/c26-19-11-17(19)22(30)29-24-21(23(31)27-12-14-6-7-14)18-10-16(8-9-20(18)34-24)28-25(32)33-13-15-4-2-1-3-5-15/h1-5,14,16-17,19H,6-13H2,(H,27,31)(H,28,32)(H,29,30)/t16-,17-,19-/m0/s1. The number of aryl methyl sites for hydroxylation is 1. The molecule has 3 aliphatic rings. The first kappa shape index (κ1) is 22.8. The van der Waals surface area contributed by atoms with Gasteiger partial charge in [-0.2, -0.15) is 0 Å². The summed E-state index contributed by atoms with van der Waals surface area (Å²) in [5.74, 6) is -0.708. The second kappa shape index (κ2) is 9.74. The fourth-order valence-electron chi connectivity index (χ4n) is 4.25. The summed E-state index contributed by atoms with van der Waals surface area (Å²) in [5.41, 5.74) is 2.21. The Kier molecular flexibility index (Phi) is 6.54. The van der Waals surface area contributed by atoms with E-state index in [2.05, 4.69) is 16.0 Å². The van der Waals surface area contributed by atoms with Crippen molar-refractivity contribution < 1.29 is 23.5 Å². The molecule has 1 heterocycles. The summed E-state index contributed by atoms with van der Waals surface area (Å²) in [6, 6.07) is 9.28. The van der Waals surface area contributed by atoms with Crippen LogP contribution < -0.4 is 16.0 Å². The highest BCUT2D eigenvalue weighted by atomic mass is 32.1. The van der Waals surface area contributed by atoms with Crippen LogP contribution in [0.2, 0.25) is 0 Å². The number of alkyl halides is 1. The fraction of sp³-hybridized carbons (Fsp3) is 0.480. The molecule has 3 amide bonds. The van der Waals surface area contributed by atoms with Gasteiger partial charge in [-0.15, -0.1) is 11.3 Å². The Bertz CT molecular complexity index is 1090. The molecule has 0 saturated heterocycles. The van der Waals surface area contributed by atoms with Crippen LogP contribution in [0.25, 0.3) is 0 Å². The zero-order chi connectivity index (χ0) is 23.7. The molecule has 0 unspecified atom stereocenters. The number of halogens is 1. The van der Waals surface area contributed by atoms with E-state index in [-0.39, 0.29) is 30.9 Å². The van der Waals surface area contributed by atoms with Crippen LogP contribution in [0.5, 0.6) is 0 Å². The van der Waals surface area contributed by atoms with Crippen LogP contribution in [0.3, 0.4) is 0 Å². The Morgan fingerprint density at radius 1 is 1.12 bits per heavy atom. The monoisotopic (exact) mass is 485 g/mol. The normalized spacial score (nSPS) is 22.9. The van der Waals surface area contributed by atoms with Crippen molar-refractivity contribution in [1.82, 2.24) is 10.6 Å². The molecule has 5 rings (SSSR count). The first-order chi connectivity index (χ1) is 16.5. The SMILES string of the molecule is O=C(N[C@H]1CCc2sc(NC(=O)[C@H]3C[C@@H]3F)c(C(=O)NCC3CC3)c2C1)OCc1ccccc1. The van der Waals surface area contributed by atoms with Crippen LogP contribution in [0.1, 0.15) is 52.0 Å². The fourth-order valence-corrected chi connectivity index (χ4v) is 5.50. The van der Waals surface area contributed by atoms with Crippen LogP contribution in [0, 0.1) is 11.8 Å². The van der Waals surface area contributed by atoms with E-state index in [1.807, 2.05) is 30.3 Å². The number of hydrogen-bond acceptors (Lipinski definition) is 5. The molecule has 9 heteroatoms. The highest BCUT2D eigenvalue weighted by Crippen LogP contribution is 2.41. The van der Waals surface area contributed by atoms with Gasteiger partial charge in [0.05, 0.1) is 11.5 Å². The van der Waals surface area contributed by atoms with Gasteiger partial charge >= 0.3 is 6.09 Å². The van der Waals surface area contributed by atoms with Crippen molar-refractivity contribution in [2.75, 3.05) is 11.9 Å². The van der Waals surface area contributed by atoms with Gasteiger partial charge in [-0.05, 0) is 55.6 Å². The number of thiophene rings is 1. The lowest BCUT2D eigenvalue weighted by atomic mass is 9.91. The molecule has 0 spiro atoms. The summed E-state index contributed by atoms with van der Waals surface area (Å²) in [7, 11) is 0. The van der Waals surface area contributed by atoms with Gasteiger partial charge in [-0.1, -0.05) is 30.3 Å². The van der Waals surface area contributed by atoms with Crippen LogP contribution in [0.15, 0.2) is 30.3 Å². The average molecular weight is 486 g/mol. The Hall–Kier alpha value is -2.94. The molecule has 3 N–H and O–H groups in total. The predicted octanol–water partition coefficient (Wildman–Crippen LogP) is 3.97. The Labute approximate surface area is 201 Å². The minimum absolute atomic E-state index is 0.178. The number of benzene rings is 1. The zero-order valence-corrected chi connectivity index (χ0v) is 19.6. The van der Waals surface area contributed by atoms with Crippen molar-refractivity contribution in [3.8, 4) is 0 Å². The maximum absolute atomic E-state index is 13.4. The molecule has 34 heavy (non-hydrogen) atoms. The number of fused-ring (bicyclic) bond motifs is 1. The maximum Gasteiger partial charge on any atom is 0.407 e. The number of amides is 3. The van der Waals surface area contributed by atoms with Gasteiger partial charge in [0.1, 0.15) is 17.8 Å². The lowest BCUT2D eigenvalue weighted by Crippen LogP contribution is -2.39. The second-order valence-electron chi connectivity index (χ2n) is 9.35. The quantitative estimate of drug-likeness (QED) is 0.527. The third-order valence-electron chi connectivity index (χ3n) is 6.56. The average Bonchev–Trinajstić information content (AvgIpc) is 3.75. The number of anilines is 1. The number of carbonyl (C=O) groups excluding carboxylic acids is 3. The summed E-state index contributed by atoms with van der Waals surface area (Å²) < 4.78 is 18.7. The van der Waals surface area contributed by atoms with Gasteiger partial charge in [0.2, 0.25) is 5.91 Å². The summed E-state index contributed by atoms with van der Waals surface area (Å²) >= 11 is 1.38. The first-order valence-corrected chi connectivity index (χ1v) is 12.6. The zero-order valence-electron chi connectivity index (χ0n) is 18.8. The van der Waals surface area contributed by atoms with Crippen molar-refractivity contribution in [2.24, 2.45) is 11.8 Å². The lowest BCUT2D eigenvalue weighted by molar-refractivity contribution is -0.117. The molecule has 0 aliphatic heterocycles. The van der Waals surface area contributed by atoms with E-state index in [0.717, 1.165) is 28.8 Å². The minimum Gasteiger partial charge on any atom is -0.445 e. The number of alkyl carbamates (subject to hydrolysis) is 1. The van der Waals surface area contributed by atoms with Crippen LogP contribution in [-0.2, 0) is 29.0 Å². The highest BCUT2D eigenvalue weighted by molar-refractivity contribution is 7.17. The van der Waals surface area contributed by atoms with Gasteiger partial charge in [0, 0.05) is 17.5 Å². The molecule has 1 aromatic carbocycles. The molecule has 3 atom stereocenters. The van der Waals surface area contributed by atoms with E-state index in [0.29, 0.717) is 42.3 Å². The van der Waals surface area contributed by atoms with E-state index >= 15 is 0 Å². The summed E-state index contributed by atoms with van der Waals surface area (Å²) in [5, 5.41) is 9.19. The number of rotatable bonds is 8. The summed E-state index contributed by atoms with van der Waals surface area (Å²) in [6.07, 6.45) is 2.73. The van der Waals surface area contributed by atoms with E-state index in [1.165, 1.54) is 11.3 Å². The van der Waals surface area contributed by atoms with Gasteiger partial charge in [-0.25, -0.2) is 9.18 Å². The Balaban J connectivity index is 1.27. The first-order valence-electron chi connectivity index (χ1n) is 11.8. The highest BCUT2D eigenvalue weighted by Gasteiger charge is 2.44. The Morgan fingerprint density at radius 2 is 1.88 bits per heavy atom. The lowest BCUT2D eigenvalue weighted by Gasteiger charge is -2.24. The van der Waals surface area contributed by atoms with Crippen molar-refractivity contribution in [3.05, 3.63) is 51.9 Å². The molecular formula is C25H28FN3O4S. The van der Waals surface area contributed by atoms with Gasteiger partial charge in [0.25, 0.3) is 5.91 Å². The molecular weight excluding hydrogens is 457 g/mol. The van der Waals surface area contributed by atoms with E-state index in [1.54, 1.807) is 0 Å². The molecule has 2 aromatic rings. The topological polar surface area (TPSA) is 96.5 Å². The van der Waals surface area contributed by atoms with Crippen molar-refractivity contribution in [3.63, 3.8) is 0 Å². The number of carbonyl (C=O) groups is 3. The molecule has 180 valence electrons. The largest absolute Gasteiger partial charge is 0.445 e. The van der Waals surface area contributed by atoms with E-state index in [9.17, 15) is 18.8 Å². The number of hydrogen-bond donors (Lipinski definition) is 3.